The van der Waals surface area contributed by atoms with Crippen LogP contribution in [0, 0.1) is 0 Å². The molecule has 0 saturated heterocycles. The maximum Gasteiger partial charge on any atom is 0.344 e. The van der Waals surface area contributed by atoms with Crippen molar-refractivity contribution in [3.05, 3.63) is 35.7 Å². The van der Waals surface area contributed by atoms with Gasteiger partial charge in [-0.05, 0) is 12.1 Å². The molecule has 1 aromatic heterocycles. The van der Waals surface area contributed by atoms with Gasteiger partial charge >= 0.3 is 5.13 Å². The number of thiazole rings is 1. The highest BCUT2D eigenvalue weighted by Gasteiger charge is 2.16. The zero-order chi connectivity index (χ0) is 9.26. The minimum atomic E-state index is -0.225. The molecule has 0 saturated carbocycles. The fraction of sp³-hybridized carbons (Fsp3) is 0. The van der Waals surface area contributed by atoms with E-state index >= 15 is 0 Å². The van der Waals surface area contributed by atoms with Crippen LogP contribution in [0.3, 0.4) is 0 Å². The number of aromatic nitrogens is 1. The summed E-state index contributed by atoms with van der Waals surface area (Å²) in [6.07, 6.45) is 0. The van der Waals surface area contributed by atoms with Crippen LogP contribution in [0.15, 0.2) is 35.7 Å². The molecule has 0 aliphatic carbocycles. The lowest BCUT2D eigenvalue weighted by atomic mass is 10.4. The molecule has 0 aliphatic heterocycles. The van der Waals surface area contributed by atoms with Crippen LogP contribution in [-0.2, 0) is 0 Å². The molecule has 0 radical (unpaired) electrons. The van der Waals surface area contributed by atoms with Crippen LogP contribution in [-0.4, -0.2) is 4.98 Å². The van der Waals surface area contributed by atoms with Crippen LogP contribution < -0.4 is 11.5 Å². The van der Waals surface area contributed by atoms with Crippen molar-refractivity contribution in [2.75, 3.05) is 11.5 Å². The van der Waals surface area contributed by atoms with Gasteiger partial charge in [-0.3, -0.25) is 0 Å². The largest absolute Gasteiger partial charge is 0.379 e. The normalized spacial score (nSPS) is 11.5. The van der Waals surface area contributed by atoms with Crippen molar-refractivity contribution < 1.29 is 0 Å². The quantitative estimate of drug-likeness (QED) is 0.679. The average molecular weight is 192 g/mol. The van der Waals surface area contributed by atoms with Gasteiger partial charge in [0.25, 0.3) is 0 Å². The van der Waals surface area contributed by atoms with E-state index in [2.05, 4.69) is 4.98 Å². The first-order chi connectivity index (χ1) is 6.27. The van der Waals surface area contributed by atoms with Crippen molar-refractivity contribution in [1.29, 1.82) is 0 Å². The summed E-state index contributed by atoms with van der Waals surface area (Å²) in [6, 6.07) is 10.0. The number of anilines is 2. The molecule has 0 bridgehead atoms. The van der Waals surface area contributed by atoms with Gasteiger partial charge in [-0.25, -0.2) is 0 Å². The third kappa shape index (κ3) is 1.48. The second-order valence-corrected chi connectivity index (χ2v) is 4.44. The van der Waals surface area contributed by atoms with E-state index in [9.17, 15) is 0 Å². The van der Waals surface area contributed by atoms with E-state index in [0.717, 1.165) is 4.90 Å². The molecule has 1 heterocycles. The van der Waals surface area contributed by atoms with Crippen molar-refractivity contribution in [3.8, 4) is 4.90 Å². The number of nitrogens with two attached hydrogens (primary N) is 2. The highest BCUT2D eigenvalue weighted by Crippen LogP contribution is 2.37. The second kappa shape index (κ2) is 3.06. The van der Waals surface area contributed by atoms with E-state index < -0.39 is 0 Å². The van der Waals surface area contributed by atoms with Gasteiger partial charge in [-0.1, -0.05) is 18.2 Å². The minimum Gasteiger partial charge on any atom is -0.379 e. The molecule has 1 atom stereocenters. The Morgan fingerprint density at radius 2 is 1.77 bits per heavy atom. The van der Waals surface area contributed by atoms with E-state index in [1.807, 2.05) is 35.7 Å². The number of nitrogen functional groups attached to an aromatic ring is 2. The Labute approximate surface area is 79.0 Å². The van der Waals surface area contributed by atoms with Crippen molar-refractivity contribution in [2.45, 2.75) is 0 Å². The van der Waals surface area contributed by atoms with E-state index in [-0.39, 0.29) is 10.5 Å². The van der Waals surface area contributed by atoms with Gasteiger partial charge in [-0.2, -0.15) is 4.98 Å². The summed E-state index contributed by atoms with van der Waals surface area (Å²) in [6.45, 7) is 0. The summed E-state index contributed by atoms with van der Waals surface area (Å²) in [5, 5.41) is 2.49. The topological polar surface area (TPSA) is 64.9 Å². The Hall–Kier alpha value is -1.55. The van der Waals surface area contributed by atoms with Crippen LogP contribution in [0.1, 0.15) is 0 Å². The van der Waals surface area contributed by atoms with Crippen LogP contribution >= 0.6 is 10.5 Å². The zero-order valence-electron chi connectivity index (χ0n) is 6.97. The maximum absolute atomic E-state index is 5.73. The Kier molecular flexibility index (Phi) is 1.90. The Morgan fingerprint density at radius 1 is 1.08 bits per heavy atom. The van der Waals surface area contributed by atoms with Crippen LogP contribution in [0.5, 0.6) is 0 Å². The molecule has 13 heavy (non-hydrogen) atoms. The Morgan fingerprint density at radius 3 is 2.31 bits per heavy atom. The van der Waals surface area contributed by atoms with Gasteiger partial charge < -0.3 is 11.5 Å². The summed E-state index contributed by atoms with van der Waals surface area (Å²) in [5.41, 5.74) is 11.3. The number of nitrogens with zero attached hydrogens (tertiary/aromatic N) is 1. The van der Waals surface area contributed by atoms with Crippen LogP contribution in [0.4, 0.5) is 10.9 Å². The number of rotatable bonds is 1. The molecule has 0 fully saturated rings. The molecule has 66 valence electrons. The first-order valence-corrected chi connectivity index (χ1v) is 5.16. The highest BCUT2D eigenvalue weighted by atomic mass is 32.2. The molecule has 2 aromatic rings. The summed E-state index contributed by atoms with van der Waals surface area (Å²) in [5.74, 6) is 0.518. The van der Waals surface area contributed by atoms with Crippen molar-refractivity contribution in [1.82, 2.24) is 4.98 Å². The van der Waals surface area contributed by atoms with E-state index in [1.54, 1.807) is 0 Å². The van der Waals surface area contributed by atoms with Gasteiger partial charge in [-0.15, -0.1) is 0 Å². The lowest BCUT2D eigenvalue weighted by Gasteiger charge is -1.86. The molecular weight excluding hydrogens is 182 g/mol. The Bertz CT molecular complexity index is 408. The van der Waals surface area contributed by atoms with Crippen molar-refractivity contribution >= 4 is 21.4 Å². The molecule has 1 unspecified atom stereocenters. The van der Waals surface area contributed by atoms with E-state index in [1.165, 1.54) is 0 Å². The first-order valence-electron chi connectivity index (χ1n) is 3.87. The lowest BCUT2D eigenvalue weighted by Crippen LogP contribution is -1.86. The molecule has 1 aromatic carbocycles. The first kappa shape index (κ1) is 8.07. The number of hydrogen-bond donors (Lipinski definition) is 2. The zero-order valence-corrected chi connectivity index (χ0v) is 7.79. The second-order valence-electron chi connectivity index (χ2n) is 2.64. The molecule has 0 amide bonds. The minimum absolute atomic E-state index is 0.225. The summed E-state index contributed by atoms with van der Waals surface area (Å²) in [7, 11) is -0.225. The van der Waals surface area contributed by atoms with Crippen LogP contribution in [0.2, 0.25) is 0 Å². The number of hydrogen-bond acceptors (Lipinski definition) is 3. The van der Waals surface area contributed by atoms with Crippen LogP contribution in [0.25, 0.3) is 4.90 Å². The third-order valence-electron chi connectivity index (χ3n) is 1.70. The molecule has 2 rings (SSSR count). The predicted octanol–water partition coefficient (Wildman–Crippen LogP) is 1.98. The monoisotopic (exact) mass is 192 g/mol. The van der Waals surface area contributed by atoms with Gasteiger partial charge in [0.15, 0.2) is 16.1 Å². The Balaban J connectivity index is 2.53. The van der Waals surface area contributed by atoms with Crippen molar-refractivity contribution in [3.63, 3.8) is 0 Å². The third-order valence-corrected chi connectivity index (χ3v) is 3.50. The lowest BCUT2D eigenvalue weighted by molar-refractivity contribution is 1.43. The standard InChI is InChI=1S/C9H10N3S/c10-8-6-13(9(11)12-8)7-4-2-1-3-5-7/h1-6H,10H2,(H2,11,12)/q+1. The fourth-order valence-electron chi connectivity index (χ4n) is 1.14. The smallest absolute Gasteiger partial charge is 0.344 e. The molecule has 3 nitrogen and oxygen atoms in total. The van der Waals surface area contributed by atoms with E-state index in [4.69, 9.17) is 11.5 Å². The maximum atomic E-state index is 5.73. The fourth-order valence-corrected chi connectivity index (χ4v) is 2.59. The molecule has 0 aliphatic rings. The molecule has 4 heteroatoms. The van der Waals surface area contributed by atoms with Gasteiger partial charge in [0.2, 0.25) is 0 Å². The predicted molar refractivity (Wildman–Crippen MR) is 56.9 cm³/mol. The van der Waals surface area contributed by atoms with Crippen molar-refractivity contribution in [2.24, 2.45) is 0 Å². The molecular formula is C9H10N3S+. The number of benzene rings is 1. The van der Waals surface area contributed by atoms with Gasteiger partial charge in [0.1, 0.15) is 0 Å². The molecule has 0 spiro atoms. The average Bonchev–Trinajstić information content (AvgIpc) is 2.47. The highest BCUT2D eigenvalue weighted by molar-refractivity contribution is 7.41. The van der Waals surface area contributed by atoms with Gasteiger partial charge in [0.05, 0.1) is 10.5 Å². The SMILES string of the molecule is Nc1c[s+](-c2ccccc2)c(N)n1. The summed E-state index contributed by atoms with van der Waals surface area (Å²) >= 11 is 0. The molecule has 4 N–H and O–H groups in total. The summed E-state index contributed by atoms with van der Waals surface area (Å²) in [4.78, 5) is 5.15. The van der Waals surface area contributed by atoms with E-state index in [0.29, 0.717) is 10.9 Å². The summed E-state index contributed by atoms with van der Waals surface area (Å²) < 4.78 is 0. The van der Waals surface area contributed by atoms with Gasteiger partial charge in [0, 0.05) is 0 Å².